The Hall–Kier alpha value is -2.76. The Morgan fingerprint density at radius 3 is 2.14 bits per heavy atom. The maximum atomic E-state index is 13.4. The van der Waals surface area contributed by atoms with Gasteiger partial charge in [-0.2, -0.15) is 0 Å². The van der Waals surface area contributed by atoms with E-state index in [1.165, 1.54) is 11.1 Å². The number of amides is 1. The minimum atomic E-state index is -0.393. The van der Waals surface area contributed by atoms with E-state index in [0.29, 0.717) is 16.3 Å². The number of nitrogens with zero attached hydrogens (tertiary/aromatic N) is 2. The third-order valence-corrected chi connectivity index (χ3v) is 5.12. The molecule has 0 aliphatic carbocycles. The molecule has 0 aliphatic rings. The van der Waals surface area contributed by atoms with Crippen LogP contribution < -0.4 is 9.75 Å². The van der Waals surface area contributed by atoms with Gasteiger partial charge in [0.25, 0.3) is 5.91 Å². The maximum absolute atomic E-state index is 13.4. The van der Waals surface area contributed by atoms with Crippen LogP contribution in [0.4, 0.5) is 0 Å². The fourth-order valence-electron chi connectivity index (χ4n) is 3.08. The fourth-order valence-corrected chi connectivity index (χ4v) is 3.57. The Morgan fingerprint density at radius 1 is 0.966 bits per heavy atom. The second-order valence-electron chi connectivity index (χ2n) is 6.57. The predicted molar refractivity (Wildman–Crippen MR) is 115 cm³/mol. The number of carbonyl (C=O) groups is 2. The average molecular weight is 431 g/mol. The van der Waals surface area contributed by atoms with E-state index in [1.807, 2.05) is 26.0 Å². The number of ketones is 1. The molecule has 0 saturated carbocycles. The molecular weight excluding hydrogens is 411 g/mol. The summed E-state index contributed by atoms with van der Waals surface area (Å²) in [5.41, 5.74) is 2.39. The number of halogens is 2. The summed E-state index contributed by atoms with van der Waals surface area (Å²) < 4.78 is 6.85. The van der Waals surface area contributed by atoms with Crippen LogP contribution in [0.2, 0.25) is 10.0 Å². The number of rotatable bonds is 6. The van der Waals surface area contributed by atoms with Gasteiger partial charge in [-0.05, 0) is 68.4 Å². The van der Waals surface area contributed by atoms with Crippen LogP contribution in [0.15, 0.2) is 54.6 Å². The molecule has 0 bridgehead atoms. The van der Waals surface area contributed by atoms with Crippen LogP contribution in [0.5, 0.6) is 5.75 Å². The summed E-state index contributed by atoms with van der Waals surface area (Å²) in [7, 11) is 1.56. The summed E-state index contributed by atoms with van der Waals surface area (Å²) in [5.74, 6) is 0.0500. The quantitative estimate of drug-likeness (QED) is 0.512. The standard InChI is InChI=1S/C22H20Cl2N2O3/c1-14-4-5-15(2)26(14)25(22(28)19-11-8-17(23)12-20(19)24)13-21(27)16-6-9-18(29-3)10-7-16/h4-12H,13H2,1-3H3. The molecule has 0 saturated heterocycles. The van der Waals surface area contributed by atoms with Crippen LogP contribution in [-0.4, -0.2) is 30.0 Å². The lowest BCUT2D eigenvalue weighted by atomic mass is 10.1. The van der Waals surface area contributed by atoms with Crippen molar-refractivity contribution in [2.24, 2.45) is 0 Å². The topological polar surface area (TPSA) is 51.5 Å². The van der Waals surface area contributed by atoms with Gasteiger partial charge in [0.05, 0.1) is 17.7 Å². The number of hydrogen-bond donors (Lipinski definition) is 0. The van der Waals surface area contributed by atoms with Crippen LogP contribution in [0, 0.1) is 13.8 Å². The Balaban J connectivity index is 1.99. The van der Waals surface area contributed by atoms with Gasteiger partial charge in [-0.25, -0.2) is 5.01 Å². The normalized spacial score (nSPS) is 10.7. The molecule has 0 spiro atoms. The van der Waals surface area contributed by atoms with Crippen molar-refractivity contribution in [2.45, 2.75) is 13.8 Å². The number of aromatic nitrogens is 1. The van der Waals surface area contributed by atoms with Crippen molar-refractivity contribution in [1.29, 1.82) is 0 Å². The minimum absolute atomic E-state index is 0.152. The summed E-state index contributed by atoms with van der Waals surface area (Å²) in [6.45, 7) is 3.59. The SMILES string of the molecule is COc1ccc(C(=O)CN(C(=O)c2ccc(Cl)cc2Cl)n2c(C)ccc2C)cc1. The highest BCUT2D eigenvalue weighted by molar-refractivity contribution is 6.37. The Kier molecular flexibility index (Phi) is 6.30. The first-order chi connectivity index (χ1) is 13.8. The van der Waals surface area contributed by atoms with Crippen LogP contribution >= 0.6 is 23.2 Å². The molecule has 0 unspecified atom stereocenters. The second kappa shape index (κ2) is 8.72. The Labute approximate surface area is 179 Å². The molecule has 0 fully saturated rings. The summed E-state index contributed by atoms with van der Waals surface area (Å²) in [6, 6.07) is 15.2. The molecule has 29 heavy (non-hydrogen) atoms. The van der Waals surface area contributed by atoms with Gasteiger partial charge in [-0.1, -0.05) is 23.2 Å². The summed E-state index contributed by atoms with van der Waals surface area (Å²) >= 11 is 12.2. The molecule has 7 heteroatoms. The monoisotopic (exact) mass is 430 g/mol. The first-order valence-corrected chi connectivity index (χ1v) is 9.67. The molecular formula is C22H20Cl2N2O3. The van der Waals surface area contributed by atoms with Crippen LogP contribution in [0.25, 0.3) is 0 Å². The second-order valence-corrected chi connectivity index (χ2v) is 7.41. The van der Waals surface area contributed by atoms with Gasteiger partial charge < -0.3 is 4.74 Å². The van der Waals surface area contributed by atoms with Gasteiger partial charge in [-0.15, -0.1) is 0 Å². The molecule has 1 aromatic heterocycles. The molecule has 1 amide bonds. The third-order valence-electron chi connectivity index (χ3n) is 4.58. The molecule has 0 radical (unpaired) electrons. The number of Topliss-reactive ketones (excluding diaryl/α,β-unsaturated/α-hetero) is 1. The Bertz CT molecular complexity index is 1040. The van der Waals surface area contributed by atoms with Gasteiger partial charge in [0.2, 0.25) is 0 Å². The summed E-state index contributed by atoms with van der Waals surface area (Å²) in [6.07, 6.45) is 0. The van der Waals surface area contributed by atoms with Crippen LogP contribution in [0.3, 0.4) is 0 Å². The van der Waals surface area contributed by atoms with E-state index < -0.39 is 5.91 Å². The van der Waals surface area contributed by atoms with Crippen molar-refractivity contribution in [3.8, 4) is 5.75 Å². The van der Waals surface area contributed by atoms with E-state index in [4.69, 9.17) is 27.9 Å². The zero-order valence-corrected chi connectivity index (χ0v) is 17.8. The zero-order chi connectivity index (χ0) is 21.1. The average Bonchev–Trinajstić information content (AvgIpc) is 3.03. The van der Waals surface area contributed by atoms with Gasteiger partial charge in [0.1, 0.15) is 12.3 Å². The van der Waals surface area contributed by atoms with Crippen molar-refractivity contribution in [3.05, 3.63) is 87.2 Å². The molecule has 5 nitrogen and oxygen atoms in total. The summed E-state index contributed by atoms with van der Waals surface area (Å²) in [5, 5.41) is 2.05. The number of methoxy groups -OCH3 is 1. The number of ether oxygens (including phenoxy) is 1. The van der Waals surface area contributed by atoms with Crippen molar-refractivity contribution in [2.75, 3.05) is 18.7 Å². The molecule has 150 valence electrons. The van der Waals surface area contributed by atoms with Gasteiger partial charge in [0.15, 0.2) is 5.78 Å². The molecule has 0 N–H and O–H groups in total. The largest absolute Gasteiger partial charge is 0.497 e. The Morgan fingerprint density at radius 2 is 1.59 bits per heavy atom. The lowest BCUT2D eigenvalue weighted by molar-refractivity contribution is 0.0908. The first-order valence-electron chi connectivity index (χ1n) is 8.91. The number of aryl methyl sites for hydroxylation is 2. The van der Waals surface area contributed by atoms with E-state index >= 15 is 0 Å². The number of hydrogen-bond acceptors (Lipinski definition) is 3. The molecule has 1 heterocycles. The van der Waals surface area contributed by atoms with Gasteiger partial charge >= 0.3 is 0 Å². The first kappa shape index (κ1) is 21.0. The van der Waals surface area contributed by atoms with E-state index in [2.05, 4.69) is 0 Å². The molecule has 0 atom stereocenters. The fraction of sp³-hybridized carbons (Fsp3) is 0.182. The van der Waals surface area contributed by atoms with E-state index in [-0.39, 0.29) is 22.9 Å². The molecule has 3 aromatic rings. The highest BCUT2D eigenvalue weighted by Gasteiger charge is 2.25. The van der Waals surface area contributed by atoms with Gasteiger partial charge in [0, 0.05) is 22.0 Å². The van der Waals surface area contributed by atoms with E-state index in [1.54, 1.807) is 48.2 Å². The molecule has 2 aromatic carbocycles. The highest BCUT2D eigenvalue weighted by Crippen LogP contribution is 2.23. The minimum Gasteiger partial charge on any atom is -0.497 e. The summed E-state index contributed by atoms with van der Waals surface area (Å²) in [4.78, 5) is 26.3. The number of carbonyl (C=O) groups excluding carboxylic acids is 2. The van der Waals surface area contributed by atoms with E-state index in [9.17, 15) is 9.59 Å². The van der Waals surface area contributed by atoms with Crippen LogP contribution in [0.1, 0.15) is 32.1 Å². The van der Waals surface area contributed by atoms with Crippen molar-refractivity contribution >= 4 is 34.9 Å². The maximum Gasteiger partial charge on any atom is 0.274 e. The molecule has 3 rings (SSSR count). The van der Waals surface area contributed by atoms with Crippen molar-refractivity contribution < 1.29 is 14.3 Å². The van der Waals surface area contributed by atoms with Crippen molar-refractivity contribution in [3.63, 3.8) is 0 Å². The third kappa shape index (κ3) is 4.47. The smallest absolute Gasteiger partial charge is 0.274 e. The lowest BCUT2D eigenvalue weighted by Gasteiger charge is -2.27. The number of benzene rings is 2. The highest BCUT2D eigenvalue weighted by atomic mass is 35.5. The predicted octanol–water partition coefficient (Wildman–Crippen LogP) is 5.08. The van der Waals surface area contributed by atoms with Crippen LogP contribution in [-0.2, 0) is 0 Å². The van der Waals surface area contributed by atoms with Gasteiger partial charge in [-0.3, -0.25) is 14.3 Å². The van der Waals surface area contributed by atoms with Crippen molar-refractivity contribution in [1.82, 2.24) is 4.68 Å². The van der Waals surface area contributed by atoms with E-state index in [0.717, 1.165) is 11.4 Å². The lowest BCUT2D eigenvalue weighted by Crippen LogP contribution is -2.45. The zero-order valence-electron chi connectivity index (χ0n) is 16.3. The molecule has 0 aliphatic heterocycles.